The van der Waals surface area contributed by atoms with E-state index in [1.807, 2.05) is 6.07 Å². The van der Waals surface area contributed by atoms with Crippen LogP contribution in [0.25, 0.3) is 5.69 Å². The lowest BCUT2D eigenvalue weighted by molar-refractivity contribution is 0.459. The van der Waals surface area contributed by atoms with Gasteiger partial charge in [0.2, 0.25) is 0 Å². The third-order valence-electron chi connectivity index (χ3n) is 2.28. The molecule has 0 unspecified atom stereocenters. The molecule has 0 aliphatic rings. The largest absolute Gasteiger partial charge is 0.506 e. The maximum Gasteiger partial charge on any atom is 0.275 e. The topological polar surface area (TPSA) is 78.9 Å². The Morgan fingerprint density at radius 1 is 1.44 bits per heavy atom. The molecule has 0 bridgehead atoms. The van der Waals surface area contributed by atoms with Gasteiger partial charge >= 0.3 is 0 Å². The van der Waals surface area contributed by atoms with Crippen LogP contribution >= 0.6 is 11.6 Å². The molecule has 0 atom stereocenters. The highest BCUT2D eigenvalue weighted by molar-refractivity contribution is 6.30. The molecule has 0 aliphatic heterocycles. The van der Waals surface area contributed by atoms with Gasteiger partial charge in [-0.1, -0.05) is 17.7 Å². The molecule has 1 aromatic heterocycles. The highest BCUT2D eigenvalue weighted by Crippen LogP contribution is 2.15. The van der Waals surface area contributed by atoms with Gasteiger partial charge in [0.1, 0.15) is 11.4 Å². The molecular weight excluding hydrogens is 254 g/mol. The summed E-state index contributed by atoms with van der Waals surface area (Å²) in [7, 11) is 0. The number of aromatic hydroxyl groups is 1. The van der Waals surface area contributed by atoms with Crippen LogP contribution in [0.2, 0.25) is 5.02 Å². The Balaban J connectivity index is 2.61. The number of hydrogen-bond donors (Lipinski definition) is 1. The number of hydrogen-bond acceptors (Lipinski definition) is 4. The predicted molar refractivity (Wildman–Crippen MR) is 65.8 cm³/mol. The normalized spacial score (nSPS) is 10.0. The fraction of sp³-hybridized carbons (Fsp3) is 0.0833. The molecule has 0 amide bonds. The lowest BCUT2D eigenvalue weighted by Gasteiger charge is -2.07. The van der Waals surface area contributed by atoms with Crippen LogP contribution in [-0.2, 0) is 6.42 Å². The van der Waals surface area contributed by atoms with E-state index in [0.717, 1.165) is 10.7 Å². The first-order chi connectivity index (χ1) is 8.61. The van der Waals surface area contributed by atoms with Gasteiger partial charge < -0.3 is 5.11 Å². The highest BCUT2D eigenvalue weighted by atomic mass is 35.5. The van der Waals surface area contributed by atoms with Crippen molar-refractivity contribution in [3.8, 4) is 17.5 Å². The first-order valence-electron chi connectivity index (χ1n) is 5.07. The molecule has 1 heterocycles. The minimum atomic E-state index is -0.489. The van der Waals surface area contributed by atoms with Crippen LogP contribution in [0.15, 0.2) is 35.1 Å². The molecule has 1 aromatic carbocycles. The van der Waals surface area contributed by atoms with Gasteiger partial charge in [-0.3, -0.25) is 4.79 Å². The fourth-order valence-electron chi connectivity index (χ4n) is 1.48. The molecule has 5 nitrogen and oxygen atoms in total. The van der Waals surface area contributed by atoms with Crippen molar-refractivity contribution in [2.45, 2.75) is 6.42 Å². The monoisotopic (exact) mass is 261 g/mol. The minimum absolute atomic E-state index is 0.0767. The fourth-order valence-corrected chi connectivity index (χ4v) is 1.66. The molecule has 0 aliphatic carbocycles. The van der Waals surface area contributed by atoms with Gasteiger partial charge in [0, 0.05) is 11.1 Å². The summed E-state index contributed by atoms with van der Waals surface area (Å²) >= 11 is 5.83. The van der Waals surface area contributed by atoms with Crippen molar-refractivity contribution in [3.63, 3.8) is 0 Å². The van der Waals surface area contributed by atoms with Crippen molar-refractivity contribution in [2.75, 3.05) is 0 Å². The van der Waals surface area contributed by atoms with E-state index in [4.69, 9.17) is 16.9 Å². The van der Waals surface area contributed by atoms with Crippen LogP contribution in [0.5, 0.6) is 5.75 Å². The van der Waals surface area contributed by atoms with Crippen molar-refractivity contribution < 1.29 is 5.11 Å². The van der Waals surface area contributed by atoms with Crippen molar-refractivity contribution in [3.05, 3.63) is 51.4 Å². The highest BCUT2D eigenvalue weighted by Gasteiger charge is 2.09. The minimum Gasteiger partial charge on any atom is -0.506 e. The Labute approximate surface area is 107 Å². The number of aromatic nitrogens is 2. The maximum absolute atomic E-state index is 11.7. The van der Waals surface area contributed by atoms with Crippen LogP contribution in [0, 0.1) is 11.3 Å². The average Bonchev–Trinajstić information content (AvgIpc) is 2.33. The average molecular weight is 262 g/mol. The Morgan fingerprint density at radius 2 is 2.22 bits per heavy atom. The molecule has 0 saturated heterocycles. The number of rotatable bonds is 2. The number of halogens is 1. The van der Waals surface area contributed by atoms with E-state index in [2.05, 4.69) is 5.10 Å². The Bertz CT molecular complexity index is 688. The Kier molecular flexibility index (Phi) is 3.31. The van der Waals surface area contributed by atoms with E-state index in [1.54, 1.807) is 24.3 Å². The number of nitrogens with zero attached hydrogens (tertiary/aromatic N) is 3. The van der Waals surface area contributed by atoms with E-state index < -0.39 is 5.56 Å². The van der Waals surface area contributed by atoms with Crippen molar-refractivity contribution in [2.24, 2.45) is 0 Å². The van der Waals surface area contributed by atoms with Crippen LogP contribution < -0.4 is 5.56 Å². The third-order valence-corrected chi connectivity index (χ3v) is 2.52. The zero-order valence-corrected chi connectivity index (χ0v) is 9.92. The molecule has 90 valence electrons. The van der Waals surface area contributed by atoms with Crippen molar-refractivity contribution >= 4 is 11.6 Å². The Hall–Kier alpha value is -2.32. The second kappa shape index (κ2) is 4.90. The second-order valence-electron chi connectivity index (χ2n) is 3.54. The van der Waals surface area contributed by atoms with E-state index in [-0.39, 0.29) is 17.9 Å². The standard InChI is InChI=1S/C12H8ClN3O2/c13-8-2-1-3-9(6-8)16-12(18)7-11(17)10(15-16)4-5-14/h1-3,6-7,17H,4H2. The lowest BCUT2D eigenvalue weighted by Crippen LogP contribution is -2.21. The van der Waals surface area contributed by atoms with Crippen LogP contribution in [0.1, 0.15) is 5.69 Å². The van der Waals surface area contributed by atoms with Gasteiger partial charge in [-0.15, -0.1) is 0 Å². The lowest BCUT2D eigenvalue weighted by atomic mass is 10.3. The smallest absolute Gasteiger partial charge is 0.275 e. The van der Waals surface area contributed by atoms with Crippen molar-refractivity contribution in [1.29, 1.82) is 5.26 Å². The van der Waals surface area contributed by atoms with E-state index in [1.165, 1.54) is 0 Å². The summed E-state index contributed by atoms with van der Waals surface area (Å²) in [4.78, 5) is 11.7. The maximum atomic E-state index is 11.7. The molecule has 2 rings (SSSR count). The summed E-state index contributed by atoms with van der Waals surface area (Å²) in [5, 5.41) is 22.5. The van der Waals surface area contributed by atoms with Gasteiger partial charge in [0.15, 0.2) is 0 Å². The molecular formula is C12H8ClN3O2. The summed E-state index contributed by atoms with van der Waals surface area (Å²) in [5.41, 5.74) is 0.139. The van der Waals surface area contributed by atoms with Crippen LogP contribution in [-0.4, -0.2) is 14.9 Å². The summed E-state index contributed by atoms with van der Waals surface area (Å²) in [6.07, 6.45) is -0.0767. The molecule has 1 N–H and O–H groups in total. The molecule has 18 heavy (non-hydrogen) atoms. The molecule has 2 aromatic rings. The van der Waals surface area contributed by atoms with Crippen LogP contribution in [0.4, 0.5) is 0 Å². The molecule has 0 fully saturated rings. The van der Waals surface area contributed by atoms with Gasteiger partial charge in [0.25, 0.3) is 5.56 Å². The first kappa shape index (κ1) is 12.1. The molecule has 0 spiro atoms. The SMILES string of the molecule is N#CCc1nn(-c2cccc(Cl)c2)c(=O)cc1O. The first-order valence-corrected chi connectivity index (χ1v) is 5.44. The van der Waals surface area contributed by atoms with E-state index in [9.17, 15) is 9.90 Å². The van der Waals surface area contributed by atoms with Gasteiger partial charge in [-0.2, -0.15) is 15.0 Å². The number of nitriles is 1. The summed E-state index contributed by atoms with van der Waals surface area (Å²) < 4.78 is 1.10. The zero-order chi connectivity index (χ0) is 13.1. The van der Waals surface area contributed by atoms with Crippen LogP contribution in [0.3, 0.4) is 0 Å². The van der Waals surface area contributed by atoms with E-state index in [0.29, 0.717) is 10.7 Å². The molecule has 0 saturated carbocycles. The quantitative estimate of drug-likeness (QED) is 0.892. The summed E-state index contributed by atoms with van der Waals surface area (Å²) in [6, 6.07) is 9.49. The summed E-state index contributed by atoms with van der Waals surface area (Å²) in [6.45, 7) is 0. The molecule has 0 radical (unpaired) electrons. The predicted octanol–water partition coefficient (Wildman–Crippen LogP) is 1.66. The van der Waals surface area contributed by atoms with E-state index >= 15 is 0 Å². The van der Waals surface area contributed by atoms with Gasteiger partial charge in [-0.25, -0.2) is 0 Å². The zero-order valence-electron chi connectivity index (χ0n) is 9.17. The Morgan fingerprint density at radius 3 is 2.89 bits per heavy atom. The van der Waals surface area contributed by atoms with Crippen molar-refractivity contribution in [1.82, 2.24) is 9.78 Å². The van der Waals surface area contributed by atoms with Gasteiger partial charge in [0.05, 0.1) is 18.2 Å². The summed E-state index contributed by atoms with van der Waals surface area (Å²) in [5.74, 6) is -0.278. The second-order valence-corrected chi connectivity index (χ2v) is 3.98. The molecule has 6 heteroatoms. The van der Waals surface area contributed by atoms with Gasteiger partial charge in [-0.05, 0) is 18.2 Å². The third kappa shape index (κ3) is 2.34. The number of benzene rings is 1.